The smallest absolute Gasteiger partial charge is 0.130 e. The molecule has 2 aromatic carbocycles. The molecule has 166 valence electrons. The fourth-order valence-electron chi connectivity index (χ4n) is 4.13. The summed E-state index contributed by atoms with van der Waals surface area (Å²) in [6.45, 7) is 7.91. The van der Waals surface area contributed by atoms with Gasteiger partial charge in [0.05, 0.1) is 7.11 Å². The number of rotatable bonds is 10. The molecule has 0 aliphatic carbocycles. The van der Waals surface area contributed by atoms with Gasteiger partial charge in [-0.1, -0.05) is 30.3 Å². The summed E-state index contributed by atoms with van der Waals surface area (Å²) >= 11 is 0. The Morgan fingerprint density at radius 3 is 2.59 bits per heavy atom. The highest BCUT2D eigenvalue weighted by atomic mass is 16.5. The molecule has 5 nitrogen and oxygen atoms in total. The molecular formula is C27H31N3O2. The predicted molar refractivity (Wildman–Crippen MR) is 131 cm³/mol. The lowest BCUT2D eigenvalue weighted by molar-refractivity contribution is 0.236. The van der Waals surface area contributed by atoms with Crippen molar-refractivity contribution in [2.75, 3.05) is 38.7 Å². The van der Waals surface area contributed by atoms with Crippen LogP contribution < -0.4 is 14.8 Å². The second-order valence-electron chi connectivity index (χ2n) is 7.94. The third kappa shape index (κ3) is 5.29. The third-order valence-electron chi connectivity index (χ3n) is 5.76. The van der Waals surface area contributed by atoms with E-state index >= 15 is 0 Å². The zero-order valence-corrected chi connectivity index (χ0v) is 18.7. The van der Waals surface area contributed by atoms with Crippen LogP contribution in [0.25, 0.3) is 11.1 Å². The first-order valence-corrected chi connectivity index (χ1v) is 11.2. The summed E-state index contributed by atoms with van der Waals surface area (Å²) in [5, 5.41) is 3.43. The maximum absolute atomic E-state index is 6.22. The highest BCUT2D eigenvalue weighted by molar-refractivity contribution is 5.84. The fourth-order valence-corrected chi connectivity index (χ4v) is 4.13. The minimum atomic E-state index is 0.671. The molecule has 1 fully saturated rings. The molecule has 3 aromatic rings. The van der Waals surface area contributed by atoms with Gasteiger partial charge in [-0.2, -0.15) is 0 Å². The van der Waals surface area contributed by atoms with Crippen LogP contribution in [0.3, 0.4) is 0 Å². The molecule has 0 unspecified atom stereocenters. The number of ether oxygens (including phenoxy) is 2. The highest BCUT2D eigenvalue weighted by Crippen LogP contribution is 2.40. The maximum Gasteiger partial charge on any atom is 0.130 e. The number of likely N-dealkylation sites (tertiary alicyclic amines) is 1. The normalized spacial score (nSPS) is 13.7. The number of allylic oxidation sites excluding steroid dienone is 1. The summed E-state index contributed by atoms with van der Waals surface area (Å²) in [5.74, 6) is 2.44. The van der Waals surface area contributed by atoms with Crippen LogP contribution in [-0.2, 0) is 6.42 Å². The molecule has 0 saturated carbocycles. The van der Waals surface area contributed by atoms with Crippen LogP contribution in [0.5, 0.6) is 11.5 Å². The summed E-state index contributed by atoms with van der Waals surface area (Å²) in [5.41, 5.74) is 4.13. The second kappa shape index (κ2) is 10.8. The van der Waals surface area contributed by atoms with Crippen LogP contribution in [0.2, 0.25) is 0 Å². The Labute approximate surface area is 190 Å². The quantitative estimate of drug-likeness (QED) is 0.419. The van der Waals surface area contributed by atoms with Crippen LogP contribution in [-0.4, -0.2) is 43.2 Å². The van der Waals surface area contributed by atoms with E-state index in [1.165, 1.54) is 25.9 Å². The highest BCUT2D eigenvalue weighted by Gasteiger charge is 2.17. The average Bonchev–Trinajstić information content (AvgIpc) is 3.34. The Kier molecular flexibility index (Phi) is 7.41. The van der Waals surface area contributed by atoms with E-state index in [1.54, 1.807) is 13.3 Å². The molecule has 1 aromatic heterocycles. The van der Waals surface area contributed by atoms with Gasteiger partial charge >= 0.3 is 0 Å². The van der Waals surface area contributed by atoms with Crippen molar-refractivity contribution >= 4 is 11.5 Å². The molecule has 0 bridgehead atoms. The molecule has 0 radical (unpaired) electrons. The lowest BCUT2D eigenvalue weighted by Crippen LogP contribution is -2.25. The number of nitrogens with one attached hydrogen (secondary N) is 1. The van der Waals surface area contributed by atoms with Crippen molar-refractivity contribution in [3.8, 4) is 22.6 Å². The van der Waals surface area contributed by atoms with Gasteiger partial charge in [-0.25, -0.2) is 4.98 Å². The largest absolute Gasteiger partial charge is 0.496 e. The number of nitrogens with zero attached hydrogens (tertiary/aromatic N) is 2. The molecule has 1 saturated heterocycles. The average molecular weight is 430 g/mol. The van der Waals surface area contributed by atoms with E-state index in [4.69, 9.17) is 9.47 Å². The molecule has 0 atom stereocenters. The summed E-state index contributed by atoms with van der Waals surface area (Å²) in [4.78, 5) is 6.86. The number of hydrogen-bond acceptors (Lipinski definition) is 5. The van der Waals surface area contributed by atoms with Crippen LogP contribution in [0, 0.1) is 0 Å². The van der Waals surface area contributed by atoms with Gasteiger partial charge in [-0.05, 0) is 62.2 Å². The zero-order chi connectivity index (χ0) is 22.2. The molecular weight excluding hydrogens is 398 g/mol. The van der Waals surface area contributed by atoms with E-state index in [0.717, 1.165) is 52.7 Å². The standard InChI is InChI=1S/C27H31N3O2/c1-3-10-21-19-23(22-11-4-5-12-24(22)29-27-13-6-7-14-28-27)26(31-2)20-25(21)32-18-17-30-15-8-9-16-30/h3-7,11-14,19-20H,1,8-10,15-18H2,2H3,(H,28,29). The Morgan fingerprint density at radius 2 is 1.84 bits per heavy atom. The second-order valence-corrected chi connectivity index (χ2v) is 7.94. The lowest BCUT2D eigenvalue weighted by atomic mass is 9.98. The number of para-hydroxylation sites is 1. The fraction of sp³-hybridized carbons (Fsp3) is 0.296. The topological polar surface area (TPSA) is 46.6 Å². The zero-order valence-electron chi connectivity index (χ0n) is 18.7. The Hall–Kier alpha value is -3.31. The molecule has 32 heavy (non-hydrogen) atoms. The van der Waals surface area contributed by atoms with Crippen molar-refractivity contribution in [2.24, 2.45) is 0 Å². The van der Waals surface area contributed by atoms with Crippen molar-refractivity contribution in [3.05, 3.63) is 79.0 Å². The van der Waals surface area contributed by atoms with Crippen molar-refractivity contribution in [2.45, 2.75) is 19.3 Å². The van der Waals surface area contributed by atoms with Crippen LogP contribution in [0.1, 0.15) is 18.4 Å². The molecule has 0 amide bonds. The lowest BCUT2D eigenvalue weighted by Gasteiger charge is -2.20. The van der Waals surface area contributed by atoms with Gasteiger partial charge in [-0.15, -0.1) is 6.58 Å². The number of methoxy groups -OCH3 is 1. The van der Waals surface area contributed by atoms with Gasteiger partial charge in [0.15, 0.2) is 0 Å². The molecule has 5 heteroatoms. The Morgan fingerprint density at radius 1 is 1.03 bits per heavy atom. The molecule has 1 aliphatic rings. The van der Waals surface area contributed by atoms with Crippen LogP contribution >= 0.6 is 0 Å². The number of aromatic nitrogens is 1. The van der Waals surface area contributed by atoms with Crippen molar-refractivity contribution in [1.82, 2.24) is 9.88 Å². The van der Waals surface area contributed by atoms with E-state index in [0.29, 0.717) is 6.61 Å². The van der Waals surface area contributed by atoms with Crippen molar-refractivity contribution in [3.63, 3.8) is 0 Å². The summed E-state index contributed by atoms with van der Waals surface area (Å²) in [7, 11) is 1.70. The summed E-state index contributed by atoms with van der Waals surface area (Å²) < 4.78 is 12.0. The van der Waals surface area contributed by atoms with E-state index < -0.39 is 0 Å². The number of hydrogen-bond donors (Lipinski definition) is 1. The Balaban J connectivity index is 1.63. The molecule has 1 aliphatic heterocycles. The molecule has 4 rings (SSSR count). The van der Waals surface area contributed by atoms with Gasteiger partial charge in [0.2, 0.25) is 0 Å². The Bertz CT molecular complexity index is 1030. The first kappa shape index (κ1) is 21.9. The molecule has 1 N–H and O–H groups in total. The van der Waals surface area contributed by atoms with Gasteiger partial charge < -0.3 is 14.8 Å². The van der Waals surface area contributed by atoms with E-state index in [1.807, 2.05) is 42.5 Å². The predicted octanol–water partition coefficient (Wildman–Crippen LogP) is 5.70. The number of pyridine rings is 1. The van der Waals surface area contributed by atoms with Gasteiger partial charge in [0.1, 0.15) is 23.9 Å². The first-order chi connectivity index (χ1) is 15.8. The van der Waals surface area contributed by atoms with Crippen molar-refractivity contribution in [1.29, 1.82) is 0 Å². The minimum Gasteiger partial charge on any atom is -0.496 e. The van der Waals surface area contributed by atoms with Gasteiger partial charge in [-0.3, -0.25) is 4.90 Å². The third-order valence-corrected chi connectivity index (χ3v) is 5.76. The van der Waals surface area contributed by atoms with E-state index in [-0.39, 0.29) is 0 Å². The first-order valence-electron chi connectivity index (χ1n) is 11.2. The van der Waals surface area contributed by atoms with E-state index in [9.17, 15) is 0 Å². The monoisotopic (exact) mass is 429 g/mol. The molecule has 0 spiro atoms. The van der Waals surface area contributed by atoms with Gasteiger partial charge in [0, 0.05) is 35.6 Å². The number of anilines is 2. The SMILES string of the molecule is C=CCc1cc(-c2ccccc2Nc2ccccn2)c(OC)cc1OCCN1CCCC1. The summed E-state index contributed by atoms with van der Waals surface area (Å²) in [6, 6.07) is 18.2. The minimum absolute atomic E-state index is 0.671. The number of benzene rings is 2. The van der Waals surface area contributed by atoms with Crippen LogP contribution in [0.15, 0.2) is 73.4 Å². The van der Waals surface area contributed by atoms with Gasteiger partial charge in [0.25, 0.3) is 0 Å². The molecule has 2 heterocycles. The van der Waals surface area contributed by atoms with Crippen LogP contribution in [0.4, 0.5) is 11.5 Å². The maximum atomic E-state index is 6.22. The van der Waals surface area contributed by atoms with Crippen molar-refractivity contribution < 1.29 is 9.47 Å². The van der Waals surface area contributed by atoms with E-state index in [2.05, 4.69) is 40.0 Å². The summed E-state index contributed by atoms with van der Waals surface area (Å²) in [6.07, 6.45) is 7.00.